The molecule has 0 bridgehead atoms. The zero-order chi connectivity index (χ0) is 25.8. The molecular weight excluding hydrogens is 468 g/mol. The van der Waals surface area contributed by atoms with Crippen molar-refractivity contribution in [1.29, 1.82) is 0 Å². The summed E-state index contributed by atoms with van der Waals surface area (Å²) in [5.41, 5.74) is 3.44. The van der Waals surface area contributed by atoms with E-state index in [4.69, 9.17) is 0 Å². The minimum absolute atomic E-state index is 0.130. The average Bonchev–Trinajstić information content (AvgIpc) is 2.89. The van der Waals surface area contributed by atoms with Crippen LogP contribution in [0.4, 0.5) is 27.9 Å². The molecule has 194 valence electrons. The molecule has 0 radical (unpaired) electrons. The Bertz CT molecular complexity index is 1270. The summed E-state index contributed by atoms with van der Waals surface area (Å²) < 4.78 is 0. The molecule has 1 saturated carbocycles. The number of rotatable bonds is 5. The standard InChI is InChI=1S/C27H34N8O2/c1-18-16-24(32-27(37)30-20-6-4-3-5-7-20)31-25-23(18)17-28-26(33-25)29-21-8-10-22(11-9-21)35-14-12-34(13-15-35)19(2)36/h8-11,16-17,20H,3-7,12-15H2,1-2H3,(H3,28,29,30,31,32,33,37). The van der Waals surface area contributed by atoms with Crippen molar-refractivity contribution in [2.45, 2.75) is 52.0 Å². The molecule has 5 rings (SSSR count). The van der Waals surface area contributed by atoms with Gasteiger partial charge in [0.2, 0.25) is 11.9 Å². The number of piperazine rings is 1. The first-order chi connectivity index (χ1) is 17.9. The van der Waals surface area contributed by atoms with E-state index in [0.717, 1.165) is 74.2 Å². The monoisotopic (exact) mass is 502 g/mol. The third-order valence-electron chi connectivity index (χ3n) is 7.17. The van der Waals surface area contributed by atoms with Gasteiger partial charge in [-0.25, -0.2) is 14.8 Å². The maximum atomic E-state index is 12.5. The van der Waals surface area contributed by atoms with Crippen LogP contribution in [0.2, 0.25) is 0 Å². The van der Waals surface area contributed by atoms with Crippen molar-refractivity contribution in [3.63, 3.8) is 0 Å². The summed E-state index contributed by atoms with van der Waals surface area (Å²) in [5.74, 6) is 1.04. The van der Waals surface area contributed by atoms with Crippen molar-refractivity contribution in [1.82, 2.24) is 25.2 Å². The molecule has 2 fully saturated rings. The largest absolute Gasteiger partial charge is 0.368 e. The lowest BCUT2D eigenvalue weighted by Crippen LogP contribution is -2.48. The molecule has 0 atom stereocenters. The average molecular weight is 503 g/mol. The number of urea groups is 1. The topological polar surface area (TPSA) is 115 Å². The number of hydrogen-bond donors (Lipinski definition) is 3. The third kappa shape index (κ3) is 6.07. The number of carbonyl (C=O) groups excluding carboxylic acids is 2. The predicted molar refractivity (Wildman–Crippen MR) is 145 cm³/mol. The van der Waals surface area contributed by atoms with Crippen LogP contribution in [-0.4, -0.2) is 64.0 Å². The van der Waals surface area contributed by atoms with E-state index >= 15 is 0 Å². The van der Waals surface area contributed by atoms with E-state index < -0.39 is 0 Å². The molecule has 0 unspecified atom stereocenters. The molecule has 1 aromatic carbocycles. The Hall–Kier alpha value is -3.95. The number of aromatic nitrogens is 3. The Kier molecular flexibility index (Phi) is 7.34. The summed E-state index contributed by atoms with van der Waals surface area (Å²) >= 11 is 0. The van der Waals surface area contributed by atoms with Gasteiger partial charge in [0.25, 0.3) is 0 Å². The number of amides is 3. The number of pyridine rings is 1. The maximum Gasteiger partial charge on any atom is 0.320 e. The Morgan fingerprint density at radius 3 is 2.41 bits per heavy atom. The van der Waals surface area contributed by atoms with Gasteiger partial charge >= 0.3 is 6.03 Å². The van der Waals surface area contributed by atoms with E-state index in [1.807, 2.05) is 30.0 Å². The highest BCUT2D eigenvalue weighted by molar-refractivity contribution is 5.90. The summed E-state index contributed by atoms with van der Waals surface area (Å²) in [4.78, 5) is 41.8. The number of nitrogens with one attached hydrogen (secondary N) is 3. The second-order valence-electron chi connectivity index (χ2n) is 9.85. The normalized spacial score (nSPS) is 16.5. The Morgan fingerprint density at radius 1 is 0.973 bits per heavy atom. The van der Waals surface area contributed by atoms with Crippen molar-refractivity contribution in [3.05, 3.63) is 42.1 Å². The molecule has 10 heteroatoms. The number of anilines is 4. The second kappa shape index (κ2) is 11.0. The first-order valence-electron chi connectivity index (χ1n) is 13.0. The van der Waals surface area contributed by atoms with Gasteiger partial charge in [-0.1, -0.05) is 19.3 Å². The highest BCUT2D eigenvalue weighted by Crippen LogP contribution is 2.24. The lowest BCUT2D eigenvalue weighted by molar-refractivity contribution is -0.129. The number of carbonyl (C=O) groups is 2. The first kappa shape index (κ1) is 24.7. The number of hydrogen-bond acceptors (Lipinski definition) is 7. The van der Waals surface area contributed by atoms with E-state index in [2.05, 4.69) is 47.9 Å². The number of benzene rings is 1. The molecule has 1 aliphatic heterocycles. The van der Waals surface area contributed by atoms with Crippen LogP contribution in [-0.2, 0) is 4.79 Å². The lowest BCUT2D eigenvalue weighted by Gasteiger charge is -2.35. The molecule has 1 aliphatic carbocycles. The number of aryl methyl sites for hydroxylation is 1. The van der Waals surface area contributed by atoms with Crippen molar-refractivity contribution in [3.8, 4) is 0 Å². The van der Waals surface area contributed by atoms with Crippen LogP contribution < -0.4 is 20.9 Å². The third-order valence-corrected chi connectivity index (χ3v) is 7.17. The Morgan fingerprint density at radius 2 is 1.70 bits per heavy atom. The number of fused-ring (bicyclic) bond motifs is 1. The minimum Gasteiger partial charge on any atom is -0.368 e. The van der Waals surface area contributed by atoms with E-state index in [0.29, 0.717) is 17.4 Å². The fourth-order valence-electron chi connectivity index (χ4n) is 5.04. The van der Waals surface area contributed by atoms with Crippen LogP contribution in [0.15, 0.2) is 36.5 Å². The molecule has 2 aromatic heterocycles. The fraction of sp³-hybridized carbons (Fsp3) is 0.444. The molecule has 37 heavy (non-hydrogen) atoms. The van der Waals surface area contributed by atoms with Crippen molar-refractivity contribution >= 4 is 46.1 Å². The van der Waals surface area contributed by atoms with Gasteiger partial charge in [-0.05, 0) is 55.7 Å². The second-order valence-corrected chi connectivity index (χ2v) is 9.85. The van der Waals surface area contributed by atoms with Gasteiger partial charge in [-0.15, -0.1) is 0 Å². The molecule has 3 N–H and O–H groups in total. The molecular formula is C27H34N8O2. The van der Waals surface area contributed by atoms with Gasteiger partial charge in [0.05, 0.1) is 0 Å². The minimum atomic E-state index is -0.228. The summed E-state index contributed by atoms with van der Waals surface area (Å²) in [6.45, 7) is 6.70. The summed E-state index contributed by atoms with van der Waals surface area (Å²) in [5, 5.41) is 10.0. The smallest absolute Gasteiger partial charge is 0.320 e. The molecule has 2 aliphatic rings. The highest BCUT2D eigenvalue weighted by atomic mass is 16.2. The molecule has 3 amide bonds. The van der Waals surface area contributed by atoms with Crippen LogP contribution in [0.25, 0.3) is 11.0 Å². The van der Waals surface area contributed by atoms with Gasteiger partial charge in [-0.2, -0.15) is 4.98 Å². The van der Waals surface area contributed by atoms with Crippen LogP contribution in [0.1, 0.15) is 44.6 Å². The summed E-state index contributed by atoms with van der Waals surface area (Å²) in [7, 11) is 0. The molecule has 1 saturated heterocycles. The van der Waals surface area contributed by atoms with Gasteiger partial charge < -0.3 is 20.4 Å². The van der Waals surface area contributed by atoms with E-state index in [9.17, 15) is 9.59 Å². The lowest BCUT2D eigenvalue weighted by atomic mass is 9.96. The van der Waals surface area contributed by atoms with Gasteiger partial charge in [0.15, 0.2) is 5.65 Å². The number of nitrogens with zero attached hydrogens (tertiary/aromatic N) is 5. The maximum absolute atomic E-state index is 12.5. The van der Waals surface area contributed by atoms with Crippen molar-refractivity contribution < 1.29 is 9.59 Å². The van der Waals surface area contributed by atoms with Gasteiger partial charge in [0.1, 0.15) is 5.82 Å². The molecule has 0 spiro atoms. The van der Waals surface area contributed by atoms with Gasteiger partial charge in [-0.3, -0.25) is 10.1 Å². The molecule has 10 nitrogen and oxygen atoms in total. The van der Waals surface area contributed by atoms with E-state index in [1.54, 1.807) is 13.1 Å². The summed E-state index contributed by atoms with van der Waals surface area (Å²) in [6, 6.07) is 9.94. The molecule has 3 aromatic rings. The SMILES string of the molecule is CC(=O)N1CCN(c2ccc(Nc3ncc4c(C)cc(NC(=O)NC5CCCCC5)nc4n3)cc2)CC1. The quantitative estimate of drug-likeness (QED) is 0.479. The van der Waals surface area contributed by atoms with E-state index in [1.165, 1.54) is 6.42 Å². The summed E-state index contributed by atoms with van der Waals surface area (Å²) in [6.07, 6.45) is 7.36. The zero-order valence-corrected chi connectivity index (χ0v) is 21.5. The van der Waals surface area contributed by atoms with Crippen LogP contribution in [0.3, 0.4) is 0 Å². The van der Waals surface area contributed by atoms with Crippen LogP contribution in [0, 0.1) is 6.92 Å². The highest BCUT2D eigenvalue weighted by Gasteiger charge is 2.19. The Labute approximate surface area is 216 Å². The zero-order valence-electron chi connectivity index (χ0n) is 21.5. The van der Waals surface area contributed by atoms with Crippen molar-refractivity contribution in [2.75, 3.05) is 41.7 Å². The predicted octanol–water partition coefficient (Wildman–Crippen LogP) is 4.20. The fourth-order valence-corrected chi connectivity index (χ4v) is 5.04. The van der Waals surface area contributed by atoms with Gasteiger partial charge in [0, 0.05) is 62.1 Å². The van der Waals surface area contributed by atoms with Crippen LogP contribution >= 0.6 is 0 Å². The first-order valence-corrected chi connectivity index (χ1v) is 13.0. The van der Waals surface area contributed by atoms with Crippen molar-refractivity contribution in [2.24, 2.45) is 0 Å². The molecule has 3 heterocycles. The van der Waals surface area contributed by atoms with E-state index in [-0.39, 0.29) is 18.0 Å². The Balaban J connectivity index is 1.24. The van der Waals surface area contributed by atoms with Crippen LogP contribution in [0.5, 0.6) is 0 Å².